The molecule has 0 aromatic carbocycles. The normalized spacial score (nSPS) is 21.4. The van der Waals surface area contributed by atoms with Crippen LogP contribution in [0.5, 0.6) is 0 Å². The fourth-order valence-electron chi connectivity index (χ4n) is 3.80. The van der Waals surface area contributed by atoms with E-state index in [0.29, 0.717) is 45.9 Å². The zero-order valence-corrected chi connectivity index (χ0v) is 15.4. The summed E-state index contributed by atoms with van der Waals surface area (Å²) in [4.78, 5) is 33.3. The van der Waals surface area contributed by atoms with E-state index in [1.165, 1.54) is 16.9 Å². The van der Waals surface area contributed by atoms with E-state index in [4.69, 9.17) is 4.74 Å². The predicted octanol–water partition coefficient (Wildman–Crippen LogP) is 0.853. The fourth-order valence-corrected chi connectivity index (χ4v) is 5.02. The number of morpholine rings is 1. The molecule has 0 bridgehead atoms. The summed E-state index contributed by atoms with van der Waals surface area (Å²) >= 11 is 1.68. The van der Waals surface area contributed by atoms with Gasteiger partial charge in [-0.2, -0.15) is 0 Å². The number of aryl methyl sites for hydroxylation is 2. The largest absolute Gasteiger partial charge is 0.378 e. The van der Waals surface area contributed by atoms with Gasteiger partial charge < -0.3 is 14.5 Å². The lowest BCUT2D eigenvalue weighted by Gasteiger charge is -2.35. The van der Waals surface area contributed by atoms with Gasteiger partial charge in [0.2, 0.25) is 5.91 Å². The van der Waals surface area contributed by atoms with Crippen molar-refractivity contribution >= 4 is 23.2 Å². The molecule has 136 valence electrons. The molecule has 25 heavy (non-hydrogen) atoms. The molecule has 2 saturated heterocycles. The van der Waals surface area contributed by atoms with E-state index in [-0.39, 0.29) is 11.8 Å². The molecular formula is C18H25N3O3S. The number of piperazine rings is 1. The van der Waals surface area contributed by atoms with Crippen LogP contribution in [0.15, 0.2) is 6.07 Å². The number of nitrogens with zero attached hydrogens (tertiary/aromatic N) is 3. The van der Waals surface area contributed by atoms with Crippen LogP contribution in [0.25, 0.3) is 0 Å². The smallest absolute Gasteiger partial charge is 0.264 e. The van der Waals surface area contributed by atoms with Crippen LogP contribution in [0.2, 0.25) is 0 Å². The van der Waals surface area contributed by atoms with Gasteiger partial charge in [-0.1, -0.05) is 0 Å². The first-order valence-corrected chi connectivity index (χ1v) is 10.0. The van der Waals surface area contributed by atoms with E-state index in [9.17, 15) is 9.59 Å². The summed E-state index contributed by atoms with van der Waals surface area (Å²) in [5, 5.41) is 0. The van der Waals surface area contributed by atoms with Crippen LogP contribution >= 0.6 is 11.3 Å². The summed E-state index contributed by atoms with van der Waals surface area (Å²) in [7, 11) is 0. The Morgan fingerprint density at radius 3 is 2.48 bits per heavy atom. The molecule has 1 aromatic rings. The van der Waals surface area contributed by atoms with Crippen molar-refractivity contribution in [1.29, 1.82) is 0 Å². The third-order valence-electron chi connectivity index (χ3n) is 5.34. The van der Waals surface area contributed by atoms with Gasteiger partial charge in [-0.3, -0.25) is 14.5 Å². The average molecular weight is 363 g/mol. The van der Waals surface area contributed by atoms with Crippen LogP contribution in [-0.4, -0.2) is 85.5 Å². The SMILES string of the molecule is O=C(CN1CCN(C(=O)c2cc3c(s2)CCC3)CC1)N1CCOCC1. The second-order valence-electron chi connectivity index (χ2n) is 6.97. The molecule has 3 aliphatic rings. The van der Waals surface area contributed by atoms with E-state index < -0.39 is 0 Å². The highest BCUT2D eigenvalue weighted by atomic mass is 32.1. The Hall–Kier alpha value is -1.44. The van der Waals surface area contributed by atoms with Crippen molar-refractivity contribution in [2.24, 2.45) is 0 Å². The van der Waals surface area contributed by atoms with Crippen LogP contribution in [0, 0.1) is 0 Å². The number of ether oxygens (including phenoxy) is 1. The number of carbonyl (C=O) groups excluding carboxylic acids is 2. The van der Waals surface area contributed by atoms with Gasteiger partial charge in [0.25, 0.3) is 5.91 Å². The molecule has 3 heterocycles. The van der Waals surface area contributed by atoms with E-state index in [2.05, 4.69) is 11.0 Å². The molecule has 0 radical (unpaired) electrons. The first-order valence-electron chi connectivity index (χ1n) is 9.19. The van der Waals surface area contributed by atoms with Gasteiger partial charge >= 0.3 is 0 Å². The van der Waals surface area contributed by atoms with Crippen molar-refractivity contribution in [3.63, 3.8) is 0 Å². The monoisotopic (exact) mass is 363 g/mol. The maximum atomic E-state index is 12.7. The topological polar surface area (TPSA) is 53.1 Å². The minimum Gasteiger partial charge on any atom is -0.378 e. The standard InChI is InChI=1S/C18H25N3O3S/c22-17(20-8-10-24-11-9-20)13-19-4-6-21(7-5-19)18(23)16-12-14-2-1-3-15(14)25-16/h12H,1-11,13H2. The van der Waals surface area contributed by atoms with E-state index >= 15 is 0 Å². The zero-order chi connectivity index (χ0) is 17.2. The number of thiophene rings is 1. The molecular weight excluding hydrogens is 338 g/mol. The predicted molar refractivity (Wildman–Crippen MR) is 96.1 cm³/mol. The second kappa shape index (κ2) is 7.43. The van der Waals surface area contributed by atoms with Gasteiger partial charge in [0, 0.05) is 44.1 Å². The maximum Gasteiger partial charge on any atom is 0.264 e. The van der Waals surface area contributed by atoms with Crippen molar-refractivity contribution in [1.82, 2.24) is 14.7 Å². The maximum absolute atomic E-state index is 12.7. The van der Waals surface area contributed by atoms with Crippen LogP contribution in [0.1, 0.15) is 26.5 Å². The van der Waals surface area contributed by atoms with E-state index in [1.807, 2.05) is 9.80 Å². The number of rotatable bonds is 3. The lowest BCUT2D eigenvalue weighted by molar-refractivity contribution is -0.136. The minimum absolute atomic E-state index is 0.165. The van der Waals surface area contributed by atoms with Crippen molar-refractivity contribution < 1.29 is 14.3 Å². The Bertz CT molecular complexity index is 624. The Morgan fingerprint density at radius 2 is 1.76 bits per heavy atom. The van der Waals surface area contributed by atoms with Crippen molar-refractivity contribution in [3.05, 3.63) is 21.4 Å². The van der Waals surface area contributed by atoms with Crippen molar-refractivity contribution in [2.45, 2.75) is 19.3 Å². The Labute approximate surface area is 152 Å². The Morgan fingerprint density at radius 1 is 1.00 bits per heavy atom. The van der Waals surface area contributed by atoms with Gasteiger partial charge in [0.1, 0.15) is 0 Å². The molecule has 2 fully saturated rings. The molecule has 6 nitrogen and oxygen atoms in total. The van der Waals surface area contributed by atoms with Crippen LogP contribution < -0.4 is 0 Å². The third kappa shape index (κ3) is 3.73. The highest BCUT2D eigenvalue weighted by Crippen LogP contribution is 2.31. The summed E-state index contributed by atoms with van der Waals surface area (Å²) in [5.41, 5.74) is 1.38. The molecule has 1 aromatic heterocycles. The Balaban J connectivity index is 1.27. The number of hydrogen-bond donors (Lipinski definition) is 0. The number of carbonyl (C=O) groups is 2. The highest BCUT2D eigenvalue weighted by Gasteiger charge is 2.27. The number of amides is 2. The van der Waals surface area contributed by atoms with Crippen LogP contribution in [-0.2, 0) is 22.4 Å². The lowest BCUT2D eigenvalue weighted by Crippen LogP contribution is -2.52. The Kier molecular flexibility index (Phi) is 5.05. The average Bonchev–Trinajstić information content (AvgIpc) is 3.24. The molecule has 0 unspecified atom stereocenters. The van der Waals surface area contributed by atoms with Crippen LogP contribution in [0.3, 0.4) is 0 Å². The first kappa shape index (κ1) is 17.0. The first-order chi connectivity index (χ1) is 12.2. The molecule has 0 atom stereocenters. The van der Waals surface area contributed by atoms with Gasteiger partial charge in [0.15, 0.2) is 0 Å². The summed E-state index contributed by atoms with van der Waals surface area (Å²) in [6.07, 6.45) is 3.48. The zero-order valence-electron chi connectivity index (χ0n) is 14.5. The van der Waals surface area contributed by atoms with Gasteiger partial charge in [-0.25, -0.2) is 0 Å². The second-order valence-corrected chi connectivity index (χ2v) is 8.11. The summed E-state index contributed by atoms with van der Waals surface area (Å²) in [6.45, 7) is 6.07. The summed E-state index contributed by atoms with van der Waals surface area (Å²) in [6, 6.07) is 2.10. The molecule has 4 rings (SSSR count). The van der Waals surface area contributed by atoms with Crippen molar-refractivity contribution in [3.8, 4) is 0 Å². The van der Waals surface area contributed by atoms with E-state index in [0.717, 1.165) is 30.8 Å². The van der Waals surface area contributed by atoms with E-state index in [1.54, 1.807) is 11.3 Å². The number of fused-ring (bicyclic) bond motifs is 1. The lowest BCUT2D eigenvalue weighted by atomic mass is 10.2. The molecule has 7 heteroatoms. The number of hydrogen-bond acceptors (Lipinski definition) is 5. The van der Waals surface area contributed by atoms with Crippen molar-refractivity contribution in [2.75, 3.05) is 59.0 Å². The quantitative estimate of drug-likeness (QED) is 0.799. The summed E-state index contributed by atoms with van der Waals surface area (Å²) < 4.78 is 5.29. The highest BCUT2D eigenvalue weighted by molar-refractivity contribution is 7.14. The molecule has 0 spiro atoms. The third-order valence-corrected chi connectivity index (χ3v) is 6.56. The fraction of sp³-hybridized carbons (Fsp3) is 0.667. The molecule has 0 N–H and O–H groups in total. The summed E-state index contributed by atoms with van der Waals surface area (Å²) in [5.74, 6) is 0.344. The van der Waals surface area contributed by atoms with Gasteiger partial charge in [0.05, 0.1) is 24.6 Å². The molecule has 0 saturated carbocycles. The molecule has 2 aliphatic heterocycles. The van der Waals surface area contributed by atoms with Gasteiger partial charge in [-0.15, -0.1) is 11.3 Å². The minimum atomic E-state index is 0.165. The van der Waals surface area contributed by atoms with Crippen LogP contribution in [0.4, 0.5) is 0 Å². The van der Waals surface area contributed by atoms with Gasteiger partial charge in [-0.05, 0) is 30.9 Å². The molecule has 1 aliphatic carbocycles. The molecule has 2 amide bonds.